The average Bonchev–Trinajstić information content (AvgIpc) is 2.98. The van der Waals surface area contributed by atoms with Gasteiger partial charge >= 0.3 is 0 Å². The normalized spacial score (nSPS) is 19.4. The van der Waals surface area contributed by atoms with Gasteiger partial charge in [0.1, 0.15) is 23.2 Å². The summed E-state index contributed by atoms with van der Waals surface area (Å²) in [5, 5.41) is 5.71. The molecular weight excluding hydrogens is 559 g/mol. The lowest BCUT2D eigenvalue weighted by Gasteiger charge is -2.38. The molecule has 3 aromatic rings. The molecule has 0 aliphatic carbocycles. The highest BCUT2D eigenvalue weighted by Crippen LogP contribution is 2.29. The predicted octanol–water partition coefficient (Wildman–Crippen LogP) is 2.25. The summed E-state index contributed by atoms with van der Waals surface area (Å²) in [7, 11) is 1.49. The summed E-state index contributed by atoms with van der Waals surface area (Å²) in [6, 6.07) is 11.8. The van der Waals surface area contributed by atoms with Gasteiger partial charge in [0.15, 0.2) is 18.1 Å². The summed E-state index contributed by atoms with van der Waals surface area (Å²) < 4.78 is 31.9. The molecule has 11 nitrogen and oxygen atoms in total. The number of likely N-dealkylation sites (tertiary alicyclic amines) is 1. The molecule has 1 saturated heterocycles. The van der Waals surface area contributed by atoms with E-state index in [-0.39, 0.29) is 49.9 Å². The number of aryl methyl sites for hydroxylation is 2. The van der Waals surface area contributed by atoms with E-state index in [1.165, 1.54) is 30.2 Å². The van der Waals surface area contributed by atoms with Crippen molar-refractivity contribution in [2.75, 3.05) is 26.8 Å². The lowest BCUT2D eigenvalue weighted by Crippen LogP contribution is -2.59. The number of nitrogens with zero attached hydrogens (tertiary/aromatic N) is 1. The van der Waals surface area contributed by atoms with Crippen LogP contribution in [0.5, 0.6) is 17.2 Å². The number of carbonyl (C=O) groups excluding carboxylic acids is 3. The molecule has 0 radical (unpaired) electrons. The maximum Gasteiger partial charge on any atom is 0.260 e. The van der Waals surface area contributed by atoms with Gasteiger partial charge in [0, 0.05) is 44.2 Å². The van der Waals surface area contributed by atoms with Crippen molar-refractivity contribution < 1.29 is 33.0 Å². The second-order valence-corrected chi connectivity index (χ2v) is 10.6. The van der Waals surface area contributed by atoms with Crippen molar-refractivity contribution in [3.63, 3.8) is 0 Å². The number of ether oxygens (including phenoxy) is 3. The summed E-state index contributed by atoms with van der Waals surface area (Å²) in [4.78, 5) is 55.5. The maximum atomic E-state index is 14.6. The van der Waals surface area contributed by atoms with E-state index in [0.717, 1.165) is 5.56 Å². The standard InChI is InChI=1S/C31H33FN4O7/c1-18-3-6-23(30(39)34-18)31(40)36-10-9-25-24(16-36)35-29(38)17-42-27-13-19(4-7-26(27)41-2)5-8-28(37)33-15-20-11-21(32)14-22(12-20)43-25/h3-4,6-7,11-14,24-25H,5,8-10,15-17H2,1-2H3,(H,33,37)(H,34,39)(H,35,38)/t24-,25-/m1/s1. The first-order chi connectivity index (χ1) is 20.7. The number of hydrogen-bond donors (Lipinski definition) is 3. The van der Waals surface area contributed by atoms with Gasteiger partial charge in [0.25, 0.3) is 17.4 Å². The van der Waals surface area contributed by atoms with Crippen molar-refractivity contribution >= 4 is 17.7 Å². The second-order valence-electron chi connectivity index (χ2n) is 10.6. The van der Waals surface area contributed by atoms with Crippen LogP contribution in [-0.2, 0) is 22.6 Å². The maximum absolute atomic E-state index is 14.6. The van der Waals surface area contributed by atoms with Crippen LogP contribution in [0.3, 0.4) is 0 Å². The molecule has 2 atom stereocenters. The van der Waals surface area contributed by atoms with Crippen LogP contribution >= 0.6 is 0 Å². The van der Waals surface area contributed by atoms with Crippen LogP contribution in [0.2, 0.25) is 0 Å². The van der Waals surface area contributed by atoms with Crippen LogP contribution in [0.15, 0.2) is 53.3 Å². The number of methoxy groups -OCH3 is 1. The summed E-state index contributed by atoms with van der Waals surface area (Å²) in [6.07, 6.45) is 0.260. The largest absolute Gasteiger partial charge is 0.493 e. The molecule has 5 rings (SSSR count). The molecule has 1 fully saturated rings. The van der Waals surface area contributed by atoms with Crippen molar-refractivity contribution in [2.45, 2.75) is 44.9 Å². The smallest absolute Gasteiger partial charge is 0.260 e. The van der Waals surface area contributed by atoms with Gasteiger partial charge in [-0.15, -0.1) is 0 Å². The fourth-order valence-electron chi connectivity index (χ4n) is 5.20. The highest BCUT2D eigenvalue weighted by molar-refractivity contribution is 5.94. The fraction of sp³-hybridized carbons (Fsp3) is 0.355. The molecule has 43 heavy (non-hydrogen) atoms. The van der Waals surface area contributed by atoms with Crippen molar-refractivity contribution in [3.8, 4) is 17.2 Å². The number of halogens is 1. The number of piperidine rings is 1. The summed E-state index contributed by atoms with van der Waals surface area (Å²) in [5.74, 6) is -0.717. The van der Waals surface area contributed by atoms with E-state index in [4.69, 9.17) is 14.2 Å². The van der Waals surface area contributed by atoms with Gasteiger partial charge in [-0.05, 0) is 60.9 Å². The number of nitrogens with one attached hydrogen (secondary N) is 3. The number of aromatic amines is 1. The topological polar surface area (TPSA) is 139 Å². The number of amides is 3. The van der Waals surface area contributed by atoms with Crippen molar-refractivity contribution in [1.82, 2.24) is 20.5 Å². The Morgan fingerprint density at radius 1 is 1.02 bits per heavy atom. The molecule has 2 aliphatic rings. The van der Waals surface area contributed by atoms with E-state index in [1.807, 2.05) is 6.07 Å². The fourth-order valence-corrected chi connectivity index (χ4v) is 5.20. The molecule has 0 unspecified atom stereocenters. The Kier molecular flexibility index (Phi) is 8.93. The Bertz CT molecular complexity index is 1590. The van der Waals surface area contributed by atoms with E-state index in [1.54, 1.807) is 31.2 Å². The molecule has 0 saturated carbocycles. The molecule has 226 valence electrons. The van der Waals surface area contributed by atoms with Gasteiger partial charge in [-0.25, -0.2) is 4.39 Å². The second kappa shape index (κ2) is 13.0. The van der Waals surface area contributed by atoms with E-state index >= 15 is 0 Å². The Morgan fingerprint density at radius 2 is 1.86 bits per heavy atom. The molecule has 3 amide bonds. The Morgan fingerprint density at radius 3 is 2.65 bits per heavy atom. The minimum Gasteiger partial charge on any atom is -0.493 e. The van der Waals surface area contributed by atoms with Crippen molar-refractivity contribution in [1.29, 1.82) is 0 Å². The van der Waals surface area contributed by atoms with Crippen molar-refractivity contribution in [2.24, 2.45) is 0 Å². The van der Waals surface area contributed by atoms with Gasteiger partial charge < -0.3 is 34.7 Å². The zero-order valence-corrected chi connectivity index (χ0v) is 23.9. The first kappa shape index (κ1) is 29.6. The molecular formula is C31H33FN4O7. The SMILES string of the molecule is COc1ccc2cc1OCC(=O)N[C@@H]1CN(C(=O)c3ccc(C)[nH]c3=O)CC[C@H]1Oc1cc(F)cc(c1)CNC(=O)CC2. The minimum absolute atomic E-state index is 0.0105. The van der Waals surface area contributed by atoms with Crippen LogP contribution in [0.1, 0.15) is 40.0 Å². The van der Waals surface area contributed by atoms with E-state index in [0.29, 0.717) is 35.6 Å². The number of aromatic nitrogens is 1. The number of hydrogen-bond acceptors (Lipinski definition) is 7. The lowest BCUT2D eigenvalue weighted by molar-refractivity contribution is -0.125. The number of pyridine rings is 1. The van der Waals surface area contributed by atoms with Crippen LogP contribution in [0.25, 0.3) is 0 Å². The molecule has 2 aromatic carbocycles. The van der Waals surface area contributed by atoms with Gasteiger partial charge in [-0.2, -0.15) is 0 Å². The van der Waals surface area contributed by atoms with Gasteiger partial charge in [-0.1, -0.05) is 6.07 Å². The van der Waals surface area contributed by atoms with Gasteiger partial charge in [0.05, 0.1) is 13.2 Å². The summed E-state index contributed by atoms with van der Waals surface area (Å²) in [5.41, 5.74) is 1.43. The quantitative estimate of drug-likeness (QED) is 0.415. The highest BCUT2D eigenvalue weighted by Gasteiger charge is 2.35. The predicted molar refractivity (Wildman–Crippen MR) is 154 cm³/mol. The molecule has 2 aliphatic heterocycles. The lowest BCUT2D eigenvalue weighted by atomic mass is 10.0. The van der Waals surface area contributed by atoms with Gasteiger partial charge in [-0.3, -0.25) is 19.2 Å². The molecule has 4 bridgehead atoms. The number of benzene rings is 2. The van der Waals surface area contributed by atoms with Crippen LogP contribution in [-0.4, -0.2) is 66.6 Å². The summed E-state index contributed by atoms with van der Waals surface area (Å²) >= 11 is 0. The Balaban J connectivity index is 1.43. The Labute approximate surface area is 247 Å². The van der Waals surface area contributed by atoms with Crippen LogP contribution in [0, 0.1) is 12.7 Å². The van der Waals surface area contributed by atoms with E-state index in [2.05, 4.69) is 15.6 Å². The molecule has 0 spiro atoms. The number of H-pyrrole nitrogens is 1. The monoisotopic (exact) mass is 592 g/mol. The molecule has 3 heterocycles. The van der Waals surface area contributed by atoms with Crippen molar-refractivity contribution in [3.05, 3.63) is 87.1 Å². The number of fused-ring (bicyclic) bond motifs is 5. The first-order valence-electron chi connectivity index (χ1n) is 14.0. The van der Waals surface area contributed by atoms with Crippen LogP contribution < -0.4 is 30.4 Å². The average molecular weight is 593 g/mol. The molecule has 12 heteroatoms. The number of carbonyl (C=O) groups is 3. The third-order valence-corrected chi connectivity index (χ3v) is 7.40. The highest BCUT2D eigenvalue weighted by atomic mass is 19.1. The summed E-state index contributed by atoms with van der Waals surface area (Å²) in [6.45, 7) is 1.73. The van der Waals surface area contributed by atoms with E-state index < -0.39 is 35.3 Å². The zero-order chi connectivity index (χ0) is 30.5. The van der Waals surface area contributed by atoms with Crippen LogP contribution in [0.4, 0.5) is 4.39 Å². The molecule has 1 aromatic heterocycles. The first-order valence-corrected chi connectivity index (χ1v) is 14.0. The van der Waals surface area contributed by atoms with E-state index in [9.17, 15) is 23.6 Å². The number of rotatable bonds is 2. The van der Waals surface area contributed by atoms with Gasteiger partial charge in [0.2, 0.25) is 5.91 Å². The Hall–Kier alpha value is -4.87. The molecule has 3 N–H and O–H groups in total. The third-order valence-electron chi connectivity index (χ3n) is 7.40. The zero-order valence-electron chi connectivity index (χ0n) is 23.9. The third kappa shape index (κ3) is 7.32. The minimum atomic E-state index is -0.711.